The zero-order valence-corrected chi connectivity index (χ0v) is 12.2. The molecule has 0 aliphatic rings. The highest BCUT2D eigenvalue weighted by molar-refractivity contribution is 7.91. The van der Waals surface area contributed by atoms with Crippen LogP contribution < -0.4 is 5.32 Å². The van der Waals surface area contributed by atoms with E-state index in [1.54, 1.807) is 12.4 Å². The summed E-state index contributed by atoms with van der Waals surface area (Å²) in [4.78, 5) is 4.16. The molecule has 0 aliphatic heterocycles. The number of sulfone groups is 1. The van der Waals surface area contributed by atoms with Crippen molar-refractivity contribution in [1.82, 2.24) is 10.3 Å². The standard InChI is InChI=1S/C15H15N3O2S/c16-11-13-1-3-15(4-2-13)21(19,20)10-9-18-12-14-5-7-17-8-6-14/h1-8,18H,9-10,12H2. The van der Waals surface area contributed by atoms with Crippen LogP contribution in [0.15, 0.2) is 53.7 Å². The van der Waals surface area contributed by atoms with Gasteiger partial charge in [0.2, 0.25) is 0 Å². The molecule has 2 rings (SSSR count). The minimum Gasteiger partial charge on any atom is -0.312 e. The Morgan fingerprint density at radius 1 is 1.10 bits per heavy atom. The summed E-state index contributed by atoms with van der Waals surface area (Å²) in [7, 11) is -3.32. The zero-order chi connectivity index (χ0) is 15.1. The van der Waals surface area contributed by atoms with Crippen LogP contribution in [0.25, 0.3) is 0 Å². The van der Waals surface area contributed by atoms with Crippen molar-refractivity contribution in [3.63, 3.8) is 0 Å². The Morgan fingerprint density at radius 3 is 2.38 bits per heavy atom. The summed E-state index contributed by atoms with van der Waals surface area (Å²) in [6, 6.07) is 11.7. The van der Waals surface area contributed by atoms with E-state index in [2.05, 4.69) is 10.3 Å². The number of pyridine rings is 1. The zero-order valence-electron chi connectivity index (χ0n) is 11.4. The molecule has 2 aromatic rings. The molecule has 0 amide bonds. The van der Waals surface area contributed by atoms with Gasteiger partial charge < -0.3 is 5.32 Å². The van der Waals surface area contributed by atoms with Gasteiger partial charge in [-0.05, 0) is 42.0 Å². The number of rotatable bonds is 6. The molecule has 6 heteroatoms. The fourth-order valence-corrected chi connectivity index (χ4v) is 2.99. The molecule has 0 saturated carbocycles. The van der Waals surface area contributed by atoms with Crippen molar-refractivity contribution in [3.8, 4) is 6.07 Å². The van der Waals surface area contributed by atoms with Gasteiger partial charge in [-0.2, -0.15) is 5.26 Å². The summed E-state index contributed by atoms with van der Waals surface area (Å²) in [5.74, 6) is 0.0178. The number of nitrogens with one attached hydrogen (secondary N) is 1. The largest absolute Gasteiger partial charge is 0.312 e. The van der Waals surface area contributed by atoms with Gasteiger partial charge in [0.15, 0.2) is 9.84 Å². The number of benzene rings is 1. The van der Waals surface area contributed by atoms with E-state index in [1.165, 1.54) is 24.3 Å². The van der Waals surface area contributed by atoms with Crippen molar-refractivity contribution >= 4 is 9.84 Å². The molecule has 1 heterocycles. The molecule has 21 heavy (non-hydrogen) atoms. The fourth-order valence-electron chi connectivity index (χ4n) is 1.79. The van der Waals surface area contributed by atoms with Crippen LogP contribution in [0, 0.1) is 11.3 Å². The topological polar surface area (TPSA) is 82.8 Å². The van der Waals surface area contributed by atoms with E-state index < -0.39 is 9.84 Å². The number of aromatic nitrogens is 1. The van der Waals surface area contributed by atoms with Gasteiger partial charge in [0.05, 0.1) is 22.3 Å². The van der Waals surface area contributed by atoms with Crippen LogP contribution in [0.1, 0.15) is 11.1 Å². The lowest BCUT2D eigenvalue weighted by Crippen LogP contribution is -2.22. The highest BCUT2D eigenvalue weighted by Gasteiger charge is 2.13. The summed E-state index contributed by atoms with van der Waals surface area (Å²) in [5, 5.41) is 11.8. The minimum atomic E-state index is -3.32. The van der Waals surface area contributed by atoms with Gasteiger partial charge in [-0.3, -0.25) is 4.98 Å². The highest BCUT2D eigenvalue weighted by Crippen LogP contribution is 2.11. The van der Waals surface area contributed by atoms with Crippen LogP contribution >= 0.6 is 0 Å². The smallest absolute Gasteiger partial charge is 0.179 e. The van der Waals surface area contributed by atoms with Gasteiger partial charge in [-0.25, -0.2) is 8.42 Å². The van der Waals surface area contributed by atoms with Crippen molar-refractivity contribution < 1.29 is 8.42 Å². The van der Waals surface area contributed by atoms with Gasteiger partial charge in [0, 0.05) is 25.5 Å². The van der Waals surface area contributed by atoms with Gasteiger partial charge in [-0.15, -0.1) is 0 Å². The lowest BCUT2D eigenvalue weighted by molar-refractivity contribution is 0.590. The first-order valence-electron chi connectivity index (χ1n) is 6.44. The maximum atomic E-state index is 12.1. The van der Waals surface area contributed by atoms with E-state index in [1.807, 2.05) is 18.2 Å². The van der Waals surface area contributed by atoms with Crippen LogP contribution in [0.3, 0.4) is 0 Å². The Bertz CT molecular complexity index is 720. The Balaban J connectivity index is 1.88. The van der Waals surface area contributed by atoms with Gasteiger partial charge in [0.1, 0.15) is 0 Å². The molecule has 0 spiro atoms. The molecule has 0 radical (unpaired) electrons. The Labute approximate surface area is 124 Å². The molecule has 1 aromatic carbocycles. The van der Waals surface area contributed by atoms with Crippen molar-refractivity contribution in [2.24, 2.45) is 0 Å². The third-order valence-electron chi connectivity index (χ3n) is 2.97. The van der Waals surface area contributed by atoms with Crippen molar-refractivity contribution in [2.45, 2.75) is 11.4 Å². The average Bonchev–Trinajstić information content (AvgIpc) is 2.53. The molecule has 0 saturated heterocycles. The first-order valence-corrected chi connectivity index (χ1v) is 8.09. The molecule has 108 valence electrons. The molecular weight excluding hydrogens is 286 g/mol. The summed E-state index contributed by atoms with van der Waals surface area (Å²) in [5.41, 5.74) is 1.51. The molecule has 0 aliphatic carbocycles. The molecule has 1 aromatic heterocycles. The van der Waals surface area contributed by atoms with Crippen LogP contribution in [0.2, 0.25) is 0 Å². The van der Waals surface area contributed by atoms with E-state index in [4.69, 9.17) is 5.26 Å². The fraction of sp³-hybridized carbons (Fsp3) is 0.200. The van der Waals surface area contributed by atoms with E-state index in [0.29, 0.717) is 18.7 Å². The molecule has 5 nitrogen and oxygen atoms in total. The molecular formula is C15H15N3O2S. The lowest BCUT2D eigenvalue weighted by atomic mass is 10.2. The highest BCUT2D eigenvalue weighted by atomic mass is 32.2. The molecule has 0 unspecified atom stereocenters. The second-order valence-corrected chi connectivity index (χ2v) is 6.60. The first-order chi connectivity index (χ1) is 10.1. The van der Waals surface area contributed by atoms with Crippen LogP contribution in [-0.4, -0.2) is 25.7 Å². The number of nitrogens with zero attached hydrogens (tertiary/aromatic N) is 2. The summed E-state index contributed by atoms with van der Waals surface area (Å²) in [6.07, 6.45) is 3.40. The molecule has 1 N–H and O–H groups in total. The van der Waals surface area contributed by atoms with Gasteiger partial charge >= 0.3 is 0 Å². The Hall–Kier alpha value is -2.23. The summed E-state index contributed by atoms with van der Waals surface area (Å²) < 4.78 is 24.2. The van der Waals surface area contributed by atoms with Crippen molar-refractivity contribution in [2.75, 3.05) is 12.3 Å². The van der Waals surface area contributed by atoms with Crippen LogP contribution in [0.4, 0.5) is 0 Å². The third-order valence-corrected chi connectivity index (χ3v) is 4.70. The second-order valence-electron chi connectivity index (χ2n) is 4.49. The predicted octanol–water partition coefficient (Wildman–Crippen LogP) is 1.52. The maximum absolute atomic E-state index is 12.1. The predicted molar refractivity (Wildman–Crippen MR) is 79.2 cm³/mol. The first kappa shape index (κ1) is 15.2. The van der Waals surface area contributed by atoms with Crippen molar-refractivity contribution in [1.29, 1.82) is 5.26 Å². The van der Waals surface area contributed by atoms with Gasteiger partial charge in [-0.1, -0.05) is 0 Å². The van der Waals surface area contributed by atoms with E-state index >= 15 is 0 Å². The SMILES string of the molecule is N#Cc1ccc(S(=O)(=O)CCNCc2ccncc2)cc1. The maximum Gasteiger partial charge on any atom is 0.179 e. The van der Waals surface area contributed by atoms with Crippen LogP contribution in [-0.2, 0) is 16.4 Å². The third kappa shape index (κ3) is 4.38. The summed E-state index contributed by atoms with van der Waals surface area (Å²) in [6.45, 7) is 0.968. The van der Waals surface area contributed by atoms with Crippen molar-refractivity contribution in [3.05, 3.63) is 59.9 Å². The molecule has 0 fully saturated rings. The van der Waals surface area contributed by atoms with E-state index in [0.717, 1.165) is 5.56 Å². The van der Waals surface area contributed by atoms with E-state index in [-0.39, 0.29) is 10.6 Å². The number of hydrogen-bond acceptors (Lipinski definition) is 5. The van der Waals surface area contributed by atoms with Gasteiger partial charge in [0.25, 0.3) is 0 Å². The normalized spacial score (nSPS) is 11.0. The number of hydrogen-bond donors (Lipinski definition) is 1. The molecule has 0 atom stereocenters. The molecule has 0 bridgehead atoms. The Morgan fingerprint density at radius 2 is 1.76 bits per heavy atom. The Kier molecular flexibility index (Phi) is 5.04. The minimum absolute atomic E-state index is 0.0178. The van der Waals surface area contributed by atoms with Crippen LogP contribution in [0.5, 0.6) is 0 Å². The van der Waals surface area contributed by atoms with E-state index in [9.17, 15) is 8.42 Å². The second kappa shape index (κ2) is 6.97. The number of nitriles is 1. The average molecular weight is 301 g/mol. The lowest BCUT2D eigenvalue weighted by Gasteiger charge is -2.06. The monoisotopic (exact) mass is 301 g/mol. The summed E-state index contributed by atoms with van der Waals surface area (Å²) >= 11 is 0. The quantitative estimate of drug-likeness (QED) is 0.818.